The molecule has 2 aromatic rings. The summed E-state index contributed by atoms with van der Waals surface area (Å²) in [7, 11) is 5.68. The Balaban J connectivity index is 1.58. The minimum absolute atomic E-state index is 0.0743. The summed E-state index contributed by atoms with van der Waals surface area (Å²) in [6.07, 6.45) is 2.51. The topological polar surface area (TPSA) is 56.8 Å². The van der Waals surface area contributed by atoms with E-state index in [4.69, 9.17) is 4.74 Å². The molecule has 0 aliphatic carbocycles. The summed E-state index contributed by atoms with van der Waals surface area (Å²) >= 11 is 0. The lowest BCUT2D eigenvalue weighted by molar-refractivity contribution is 0.243. The summed E-state index contributed by atoms with van der Waals surface area (Å²) < 4.78 is 5.23. The number of methoxy groups -OCH3 is 1. The van der Waals surface area contributed by atoms with Gasteiger partial charge in [0.1, 0.15) is 5.75 Å². The standard InChI is InChI=1S/C23H32N4O2/c1-17-15-19(27-13-5-6-14-27)9-12-21(17)25-23(28)24-16-22(26(2)3)18-7-10-20(29-4)11-8-18/h7-12,15,22H,5-6,13-14,16H2,1-4H3,(H2,24,25,28)/t22-/m1/s1. The van der Waals surface area contributed by atoms with E-state index in [2.05, 4.69) is 32.6 Å². The Morgan fingerprint density at radius 2 is 1.83 bits per heavy atom. The number of aryl methyl sites for hydroxylation is 1. The molecule has 156 valence electrons. The van der Waals surface area contributed by atoms with Crippen LogP contribution in [0.2, 0.25) is 0 Å². The van der Waals surface area contributed by atoms with Crippen molar-refractivity contribution in [2.75, 3.05) is 51.1 Å². The fourth-order valence-electron chi connectivity index (χ4n) is 3.74. The summed E-state index contributed by atoms with van der Waals surface area (Å²) in [5.74, 6) is 0.824. The van der Waals surface area contributed by atoms with Crippen molar-refractivity contribution in [2.24, 2.45) is 0 Å². The molecule has 0 spiro atoms. The summed E-state index contributed by atoms with van der Waals surface area (Å²) in [5.41, 5.74) is 4.28. The average Bonchev–Trinajstić information content (AvgIpc) is 3.25. The molecule has 0 aromatic heterocycles. The van der Waals surface area contributed by atoms with Gasteiger partial charge in [-0.05, 0) is 75.3 Å². The van der Waals surface area contributed by atoms with Crippen molar-refractivity contribution in [1.29, 1.82) is 0 Å². The van der Waals surface area contributed by atoms with Crippen LogP contribution >= 0.6 is 0 Å². The first-order valence-electron chi connectivity index (χ1n) is 10.2. The van der Waals surface area contributed by atoms with Crippen molar-refractivity contribution in [3.63, 3.8) is 0 Å². The molecule has 2 N–H and O–H groups in total. The van der Waals surface area contributed by atoms with Gasteiger partial charge in [-0.3, -0.25) is 0 Å². The SMILES string of the molecule is COc1ccc([C@@H](CNC(=O)Nc2ccc(N3CCCC3)cc2C)N(C)C)cc1. The van der Waals surface area contributed by atoms with Crippen LogP contribution < -0.4 is 20.3 Å². The van der Waals surface area contributed by atoms with Gasteiger partial charge in [0.05, 0.1) is 13.2 Å². The summed E-state index contributed by atoms with van der Waals surface area (Å²) in [4.78, 5) is 17.0. The highest BCUT2D eigenvalue weighted by molar-refractivity contribution is 5.90. The lowest BCUT2D eigenvalue weighted by atomic mass is 10.1. The first-order valence-corrected chi connectivity index (χ1v) is 10.2. The molecule has 6 heteroatoms. The molecule has 2 aromatic carbocycles. The highest BCUT2D eigenvalue weighted by atomic mass is 16.5. The molecule has 1 aliphatic rings. The van der Waals surface area contributed by atoms with Crippen molar-refractivity contribution in [2.45, 2.75) is 25.8 Å². The molecular weight excluding hydrogens is 364 g/mol. The zero-order valence-electron chi connectivity index (χ0n) is 17.9. The van der Waals surface area contributed by atoms with Crippen LogP contribution in [0.1, 0.15) is 30.0 Å². The van der Waals surface area contributed by atoms with Crippen molar-refractivity contribution in [3.8, 4) is 5.75 Å². The third-order valence-electron chi connectivity index (χ3n) is 5.51. The van der Waals surface area contributed by atoms with Gasteiger partial charge in [-0.25, -0.2) is 4.79 Å². The van der Waals surface area contributed by atoms with Gasteiger partial charge in [-0.15, -0.1) is 0 Å². The molecule has 1 heterocycles. The number of nitrogens with one attached hydrogen (secondary N) is 2. The molecule has 1 fully saturated rings. The molecule has 3 rings (SSSR count). The Morgan fingerprint density at radius 1 is 1.14 bits per heavy atom. The number of hydrogen-bond donors (Lipinski definition) is 2. The second-order valence-electron chi connectivity index (χ2n) is 7.78. The number of carbonyl (C=O) groups excluding carboxylic acids is 1. The Kier molecular flexibility index (Phi) is 6.99. The van der Waals surface area contributed by atoms with Crippen LogP contribution in [-0.4, -0.2) is 51.8 Å². The van der Waals surface area contributed by atoms with E-state index in [0.717, 1.165) is 35.7 Å². The Labute approximate surface area is 173 Å². The quantitative estimate of drug-likeness (QED) is 0.742. The fraction of sp³-hybridized carbons (Fsp3) is 0.435. The summed E-state index contributed by atoms with van der Waals surface area (Å²) in [6.45, 7) is 4.78. The van der Waals surface area contributed by atoms with Crippen molar-refractivity contribution in [1.82, 2.24) is 10.2 Å². The van der Waals surface area contributed by atoms with Crippen molar-refractivity contribution in [3.05, 3.63) is 53.6 Å². The smallest absolute Gasteiger partial charge is 0.319 e. The molecule has 29 heavy (non-hydrogen) atoms. The van der Waals surface area contributed by atoms with Crippen LogP contribution in [-0.2, 0) is 0 Å². The largest absolute Gasteiger partial charge is 0.497 e. The van der Waals surface area contributed by atoms with Gasteiger partial charge < -0.3 is 25.2 Å². The highest BCUT2D eigenvalue weighted by Gasteiger charge is 2.17. The minimum Gasteiger partial charge on any atom is -0.497 e. The number of nitrogens with zero attached hydrogens (tertiary/aromatic N) is 2. The molecule has 2 amide bonds. The first-order chi connectivity index (χ1) is 14.0. The number of amides is 2. The van der Waals surface area contributed by atoms with E-state index in [-0.39, 0.29) is 12.1 Å². The van der Waals surface area contributed by atoms with Gasteiger partial charge in [-0.2, -0.15) is 0 Å². The third-order valence-corrected chi connectivity index (χ3v) is 5.51. The highest BCUT2D eigenvalue weighted by Crippen LogP contribution is 2.25. The lowest BCUT2D eigenvalue weighted by Crippen LogP contribution is -2.37. The zero-order valence-corrected chi connectivity index (χ0v) is 17.9. The summed E-state index contributed by atoms with van der Waals surface area (Å²) in [5, 5.41) is 5.99. The molecule has 1 atom stereocenters. The van der Waals surface area contributed by atoms with Crippen molar-refractivity contribution < 1.29 is 9.53 Å². The van der Waals surface area contributed by atoms with Gasteiger partial charge in [0.25, 0.3) is 0 Å². The van der Waals surface area contributed by atoms with Crippen LogP contribution in [0.4, 0.5) is 16.2 Å². The maximum Gasteiger partial charge on any atom is 0.319 e. The predicted octanol–water partition coefficient (Wildman–Crippen LogP) is 4.03. The van der Waals surface area contributed by atoms with Gasteiger partial charge in [0, 0.05) is 31.0 Å². The fourth-order valence-corrected chi connectivity index (χ4v) is 3.74. The number of rotatable bonds is 7. The van der Waals surface area contributed by atoms with E-state index in [1.165, 1.54) is 18.5 Å². The van der Waals surface area contributed by atoms with E-state index in [9.17, 15) is 4.79 Å². The van der Waals surface area contributed by atoms with Crippen LogP contribution in [0.3, 0.4) is 0 Å². The van der Waals surface area contributed by atoms with E-state index < -0.39 is 0 Å². The normalized spacial score (nSPS) is 14.7. The van der Waals surface area contributed by atoms with E-state index >= 15 is 0 Å². The van der Waals surface area contributed by atoms with E-state index in [0.29, 0.717) is 6.54 Å². The maximum atomic E-state index is 12.5. The molecule has 0 unspecified atom stereocenters. The number of urea groups is 1. The van der Waals surface area contributed by atoms with E-state index in [1.54, 1.807) is 7.11 Å². The number of likely N-dealkylation sites (N-methyl/N-ethyl adjacent to an activating group) is 1. The van der Waals surface area contributed by atoms with E-state index in [1.807, 2.05) is 51.4 Å². The minimum atomic E-state index is -0.192. The van der Waals surface area contributed by atoms with Crippen LogP contribution in [0.5, 0.6) is 5.75 Å². The number of anilines is 2. The Bertz CT molecular complexity index is 814. The number of hydrogen-bond acceptors (Lipinski definition) is 4. The van der Waals surface area contributed by atoms with Gasteiger partial charge in [0.2, 0.25) is 0 Å². The van der Waals surface area contributed by atoms with Crippen LogP contribution in [0.25, 0.3) is 0 Å². The van der Waals surface area contributed by atoms with Gasteiger partial charge in [0.15, 0.2) is 0 Å². The second kappa shape index (κ2) is 9.65. The molecule has 0 saturated carbocycles. The lowest BCUT2D eigenvalue weighted by Gasteiger charge is -2.25. The molecule has 0 radical (unpaired) electrons. The summed E-state index contributed by atoms with van der Waals surface area (Å²) in [6, 6.07) is 14.1. The second-order valence-corrected chi connectivity index (χ2v) is 7.78. The monoisotopic (exact) mass is 396 g/mol. The van der Waals surface area contributed by atoms with Gasteiger partial charge in [-0.1, -0.05) is 12.1 Å². The predicted molar refractivity (Wildman–Crippen MR) is 119 cm³/mol. The molecule has 0 bridgehead atoms. The number of benzene rings is 2. The van der Waals surface area contributed by atoms with Crippen molar-refractivity contribution >= 4 is 17.4 Å². The molecule has 1 aliphatic heterocycles. The van der Waals surface area contributed by atoms with Crippen LogP contribution in [0.15, 0.2) is 42.5 Å². The van der Waals surface area contributed by atoms with Crippen LogP contribution in [0, 0.1) is 6.92 Å². The first kappa shape index (κ1) is 21.0. The average molecular weight is 397 g/mol. The Hall–Kier alpha value is -2.73. The zero-order chi connectivity index (χ0) is 20.8. The molecule has 6 nitrogen and oxygen atoms in total. The number of carbonyl (C=O) groups is 1. The maximum absolute atomic E-state index is 12.5. The Morgan fingerprint density at radius 3 is 2.41 bits per heavy atom. The molecule has 1 saturated heterocycles. The molecular formula is C23H32N4O2. The van der Waals surface area contributed by atoms with Gasteiger partial charge >= 0.3 is 6.03 Å². The third kappa shape index (κ3) is 5.41. The number of ether oxygens (including phenoxy) is 1.